The molecule has 4 nitrogen and oxygen atoms in total. The molecule has 0 aromatic rings. The first-order valence-corrected chi connectivity index (χ1v) is 8.92. The van der Waals surface area contributed by atoms with Crippen molar-refractivity contribution in [2.45, 2.75) is 70.0 Å². The second kappa shape index (κ2) is 6.66. The Morgan fingerprint density at radius 3 is 2.38 bits per heavy atom. The number of carbonyl (C=O) groups excluding carboxylic acids is 1. The van der Waals surface area contributed by atoms with Gasteiger partial charge in [-0.1, -0.05) is 6.92 Å². The summed E-state index contributed by atoms with van der Waals surface area (Å²) < 4.78 is 0. The molecule has 0 aliphatic carbocycles. The van der Waals surface area contributed by atoms with Gasteiger partial charge >= 0.3 is 0 Å². The molecule has 2 N–H and O–H groups in total. The van der Waals surface area contributed by atoms with Crippen LogP contribution in [-0.4, -0.2) is 49.1 Å². The van der Waals surface area contributed by atoms with Gasteiger partial charge in [-0.25, -0.2) is 0 Å². The second-order valence-corrected chi connectivity index (χ2v) is 7.33. The lowest BCUT2D eigenvalue weighted by atomic mass is 9.82. The SMILES string of the molecule is CCC(C(=O)NC1CC2CCC(C1)N2C)C1CCNCC1. The fourth-order valence-corrected chi connectivity index (χ4v) is 4.82. The van der Waals surface area contributed by atoms with Crippen LogP contribution in [0.5, 0.6) is 0 Å². The van der Waals surface area contributed by atoms with E-state index in [1.165, 1.54) is 12.8 Å². The highest BCUT2D eigenvalue weighted by Crippen LogP contribution is 2.34. The van der Waals surface area contributed by atoms with Crippen LogP contribution in [0.15, 0.2) is 0 Å². The summed E-state index contributed by atoms with van der Waals surface area (Å²) in [5.41, 5.74) is 0. The first-order chi connectivity index (χ1) is 10.2. The normalized spacial score (nSPS) is 35.6. The van der Waals surface area contributed by atoms with Gasteiger partial charge in [-0.15, -0.1) is 0 Å². The molecule has 0 radical (unpaired) electrons. The Balaban J connectivity index is 1.55. The molecule has 0 saturated carbocycles. The Bertz CT molecular complexity index is 353. The summed E-state index contributed by atoms with van der Waals surface area (Å²) in [5.74, 6) is 1.14. The van der Waals surface area contributed by atoms with E-state index in [1.807, 2.05) is 0 Å². The lowest BCUT2D eigenvalue weighted by molar-refractivity contribution is -0.128. The zero-order valence-electron chi connectivity index (χ0n) is 13.6. The molecule has 120 valence electrons. The van der Waals surface area contributed by atoms with Gasteiger partial charge in [-0.05, 0) is 71.0 Å². The van der Waals surface area contributed by atoms with Crippen LogP contribution in [0, 0.1) is 11.8 Å². The molecule has 21 heavy (non-hydrogen) atoms. The lowest BCUT2D eigenvalue weighted by Crippen LogP contribution is -2.50. The molecule has 0 spiro atoms. The van der Waals surface area contributed by atoms with Crippen LogP contribution in [0.4, 0.5) is 0 Å². The zero-order valence-corrected chi connectivity index (χ0v) is 13.6. The van der Waals surface area contributed by atoms with E-state index in [0.717, 1.165) is 45.2 Å². The molecule has 3 atom stereocenters. The monoisotopic (exact) mass is 293 g/mol. The number of nitrogens with one attached hydrogen (secondary N) is 2. The highest BCUT2D eigenvalue weighted by Gasteiger charge is 2.39. The molecule has 2 bridgehead atoms. The maximum atomic E-state index is 12.7. The first-order valence-electron chi connectivity index (χ1n) is 8.92. The number of nitrogens with zero attached hydrogens (tertiary/aromatic N) is 1. The van der Waals surface area contributed by atoms with E-state index in [0.29, 0.717) is 30.0 Å². The summed E-state index contributed by atoms with van der Waals surface area (Å²) in [6.07, 6.45) is 8.24. The van der Waals surface area contributed by atoms with E-state index in [2.05, 4.69) is 29.5 Å². The first kappa shape index (κ1) is 15.3. The van der Waals surface area contributed by atoms with Gasteiger partial charge in [-0.3, -0.25) is 4.79 Å². The fourth-order valence-electron chi connectivity index (χ4n) is 4.82. The van der Waals surface area contributed by atoms with E-state index in [9.17, 15) is 4.79 Å². The predicted octanol–water partition coefficient (Wildman–Crippen LogP) is 1.75. The van der Waals surface area contributed by atoms with Gasteiger partial charge < -0.3 is 15.5 Å². The minimum Gasteiger partial charge on any atom is -0.353 e. The van der Waals surface area contributed by atoms with Gasteiger partial charge in [0.2, 0.25) is 5.91 Å². The zero-order chi connectivity index (χ0) is 14.8. The molecule has 4 heteroatoms. The lowest BCUT2D eigenvalue weighted by Gasteiger charge is -2.38. The minimum atomic E-state index is 0.226. The minimum absolute atomic E-state index is 0.226. The highest BCUT2D eigenvalue weighted by atomic mass is 16.2. The van der Waals surface area contributed by atoms with Gasteiger partial charge in [0, 0.05) is 24.0 Å². The Morgan fingerprint density at radius 2 is 1.81 bits per heavy atom. The van der Waals surface area contributed by atoms with Gasteiger partial charge in [-0.2, -0.15) is 0 Å². The molecule has 3 aliphatic heterocycles. The Morgan fingerprint density at radius 1 is 1.19 bits per heavy atom. The summed E-state index contributed by atoms with van der Waals surface area (Å²) in [6.45, 7) is 4.32. The van der Waals surface area contributed by atoms with Crippen molar-refractivity contribution in [2.75, 3.05) is 20.1 Å². The van der Waals surface area contributed by atoms with Crippen LogP contribution in [0.25, 0.3) is 0 Å². The van der Waals surface area contributed by atoms with E-state index < -0.39 is 0 Å². The van der Waals surface area contributed by atoms with Crippen LogP contribution in [0.3, 0.4) is 0 Å². The average molecular weight is 293 g/mol. The van der Waals surface area contributed by atoms with Crippen LogP contribution in [-0.2, 0) is 4.79 Å². The summed E-state index contributed by atoms with van der Waals surface area (Å²) >= 11 is 0. The van der Waals surface area contributed by atoms with Crippen LogP contribution in [0.1, 0.15) is 51.9 Å². The highest BCUT2D eigenvalue weighted by molar-refractivity contribution is 5.79. The smallest absolute Gasteiger partial charge is 0.223 e. The third-order valence-electron chi connectivity index (χ3n) is 6.17. The maximum Gasteiger partial charge on any atom is 0.223 e. The molecular formula is C17H31N3O. The number of amides is 1. The van der Waals surface area contributed by atoms with Crippen molar-refractivity contribution >= 4 is 5.91 Å². The van der Waals surface area contributed by atoms with Gasteiger partial charge in [0.25, 0.3) is 0 Å². The summed E-state index contributed by atoms with van der Waals surface area (Å²) in [6, 6.07) is 1.82. The largest absolute Gasteiger partial charge is 0.353 e. The molecule has 3 fully saturated rings. The molecule has 0 aromatic carbocycles. The van der Waals surface area contributed by atoms with Crippen molar-refractivity contribution in [1.29, 1.82) is 0 Å². The van der Waals surface area contributed by atoms with Crippen molar-refractivity contribution in [3.63, 3.8) is 0 Å². The van der Waals surface area contributed by atoms with Crippen molar-refractivity contribution in [3.05, 3.63) is 0 Å². The predicted molar refractivity (Wildman–Crippen MR) is 85.1 cm³/mol. The van der Waals surface area contributed by atoms with Crippen molar-refractivity contribution in [2.24, 2.45) is 11.8 Å². The summed E-state index contributed by atoms with van der Waals surface area (Å²) in [5, 5.41) is 6.80. The number of hydrogen-bond acceptors (Lipinski definition) is 3. The topological polar surface area (TPSA) is 44.4 Å². The summed E-state index contributed by atoms with van der Waals surface area (Å²) in [4.78, 5) is 15.2. The quantitative estimate of drug-likeness (QED) is 0.830. The number of fused-ring (bicyclic) bond motifs is 2. The molecule has 0 aromatic heterocycles. The Kier molecular flexibility index (Phi) is 4.85. The summed E-state index contributed by atoms with van der Waals surface area (Å²) in [7, 11) is 2.25. The Hall–Kier alpha value is -0.610. The molecule has 3 heterocycles. The number of rotatable bonds is 4. The van der Waals surface area contributed by atoms with Gasteiger partial charge in [0.1, 0.15) is 0 Å². The molecular weight excluding hydrogens is 262 g/mol. The molecule has 1 amide bonds. The van der Waals surface area contributed by atoms with Crippen LogP contribution in [0.2, 0.25) is 0 Å². The van der Waals surface area contributed by atoms with Crippen LogP contribution < -0.4 is 10.6 Å². The number of piperidine rings is 2. The molecule has 3 saturated heterocycles. The van der Waals surface area contributed by atoms with Gasteiger partial charge in [0.15, 0.2) is 0 Å². The van der Waals surface area contributed by atoms with Crippen LogP contribution >= 0.6 is 0 Å². The van der Waals surface area contributed by atoms with Crippen molar-refractivity contribution < 1.29 is 4.79 Å². The van der Waals surface area contributed by atoms with E-state index in [1.54, 1.807) is 0 Å². The molecule has 3 rings (SSSR count). The standard InChI is InChI=1S/C17H31N3O/c1-3-16(12-6-8-18-9-7-12)17(21)19-13-10-14-4-5-15(11-13)20(14)2/h12-16,18H,3-11H2,1-2H3,(H,19,21). The maximum absolute atomic E-state index is 12.7. The van der Waals surface area contributed by atoms with E-state index in [-0.39, 0.29) is 5.92 Å². The average Bonchev–Trinajstić information content (AvgIpc) is 2.72. The molecule has 3 aliphatic rings. The number of carbonyl (C=O) groups is 1. The van der Waals surface area contributed by atoms with E-state index in [4.69, 9.17) is 0 Å². The second-order valence-electron chi connectivity index (χ2n) is 7.33. The van der Waals surface area contributed by atoms with Crippen molar-refractivity contribution in [1.82, 2.24) is 15.5 Å². The van der Waals surface area contributed by atoms with Gasteiger partial charge in [0.05, 0.1) is 0 Å². The molecule has 3 unspecified atom stereocenters. The third-order valence-corrected chi connectivity index (χ3v) is 6.17. The van der Waals surface area contributed by atoms with Crippen molar-refractivity contribution in [3.8, 4) is 0 Å². The van der Waals surface area contributed by atoms with E-state index >= 15 is 0 Å². The fraction of sp³-hybridized carbons (Fsp3) is 0.941. The Labute approximate surface area is 129 Å². The number of hydrogen-bond donors (Lipinski definition) is 2. The third kappa shape index (κ3) is 3.26.